The summed E-state index contributed by atoms with van der Waals surface area (Å²) in [6.07, 6.45) is 3.92. The van der Waals surface area contributed by atoms with Crippen LogP contribution in [-0.2, 0) is 0 Å². The van der Waals surface area contributed by atoms with Crippen molar-refractivity contribution in [1.82, 2.24) is 15.6 Å². The molecule has 0 bridgehead atoms. The first kappa shape index (κ1) is 6.65. The monoisotopic (exact) mass is 172 g/mol. The molecule has 0 spiro atoms. The van der Waals surface area contributed by atoms with Gasteiger partial charge < -0.3 is 5.43 Å². The highest BCUT2D eigenvalue weighted by atomic mass is 15.3. The molecule has 1 aromatic carbocycles. The Hall–Kier alpha value is -1.84. The molecule has 3 rings (SSSR count). The van der Waals surface area contributed by atoms with Crippen LogP contribution < -0.4 is 16.0 Å². The summed E-state index contributed by atoms with van der Waals surface area (Å²) in [6, 6.07) is 4.08. The summed E-state index contributed by atoms with van der Waals surface area (Å²) in [5.74, 6) is 0. The fourth-order valence-electron chi connectivity index (χ4n) is 1.59. The van der Waals surface area contributed by atoms with Gasteiger partial charge in [0.15, 0.2) is 0 Å². The standard InChI is InChI=1S/C9H8N4/c1-2-8-7(5-11-12-8)9-6(1)3-4-10-13-9/h1-3,5,10H,4H2,(H,11,12). The highest BCUT2D eigenvalue weighted by molar-refractivity contribution is 5.77. The summed E-state index contributed by atoms with van der Waals surface area (Å²) in [4.78, 5) is 0. The Morgan fingerprint density at radius 2 is 2.31 bits per heavy atom. The molecule has 2 aromatic rings. The van der Waals surface area contributed by atoms with Gasteiger partial charge >= 0.3 is 0 Å². The molecule has 1 aliphatic rings. The van der Waals surface area contributed by atoms with E-state index in [9.17, 15) is 0 Å². The maximum Gasteiger partial charge on any atom is 0.101 e. The van der Waals surface area contributed by atoms with E-state index in [0.29, 0.717) is 0 Å². The van der Waals surface area contributed by atoms with E-state index in [-0.39, 0.29) is 0 Å². The molecular formula is C9H8N4. The second-order valence-corrected chi connectivity index (χ2v) is 3.01. The van der Waals surface area contributed by atoms with Gasteiger partial charge in [-0.25, -0.2) is 0 Å². The Bertz CT molecular complexity index is 567. The van der Waals surface area contributed by atoms with Crippen LogP contribution in [0, 0.1) is 0 Å². The molecule has 2 heterocycles. The molecule has 4 nitrogen and oxygen atoms in total. The average molecular weight is 172 g/mol. The molecule has 0 radical (unpaired) electrons. The molecule has 64 valence electrons. The Kier molecular flexibility index (Phi) is 1.19. The van der Waals surface area contributed by atoms with Crippen LogP contribution in [0.4, 0.5) is 0 Å². The SMILES string of the molecule is C1=c2ccc3[nH]ncc3c2=NNC1. The number of nitrogens with zero attached hydrogens (tertiary/aromatic N) is 2. The van der Waals surface area contributed by atoms with E-state index in [2.05, 4.69) is 32.9 Å². The molecule has 1 aromatic heterocycles. The van der Waals surface area contributed by atoms with E-state index >= 15 is 0 Å². The molecule has 0 saturated heterocycles. The number of fused-ring (bicyclic) bond motifs is 3. The molecule has 1 aliphatic heterocycles. The van der Waals surface area contributed by atoms with Gasteiger partial charge in [0.1, 0.15) is 5.36 Å². The van der Waals surface area contributed by atoms with E-state index in [1.165, 1.54) is 5.22 Å². The predicted molar refractivity (Wildman–Crippen MR) is 49.3 cm³/mol. The molecule has 0 amide bonds. The Morgan fingerprint density at radius 3 is 3.31 bits per heavy atom. The van der Waals surface area contributed by atoms with Crippen molar-refractivity contribution >= 4 is 17.0 Å². The first-order chi connectivity index (χ1) is 6.45. The zero-order valence-corrected chi connectivity index (χ0v) is 6.91. The first-order valence-electron chi connectivity index (χ1n) is 4.18. The minimum atomic E-state index is 0.802. The van der Waals surface area contributed by atoms with Crippen molar-refractivity contribution in [2.45, 2.75) is 0 Å². The van der Waals surface area contributed by atoms with Crippen LogP contribution in [0.3, 0.4) is 0 Å². The lowest BCUT2D eigenvalue weighted by Gasteiger charge is -2.01. The van der Waals surface area contributed by atoms with Crippen molar-refractivity contribution in [3.63, 3.8) is 0 Å². The quantitative estimate of drug-likeness (QED) is 0.562. The number of hydrogen-bond donors (Lipinski definition) is 2. The van der Waals surface area contributed by atoms with Crippen LogP contribution >= 0.6 is 0 Å². The van der Waals surface area contributed by atoms with E-state index in [0.717, 1.165) is 22.8 Å². The van der Waals surface area contributed by atoms with Crippen LogP contribution in [0.1, 0.15) is 0 Å². The van der Waals surface area contributed by atoms with Crippen molar-refractivity contribution in [3.8, 4) is 0 Å². The van der Waals surface area contributed by atoms with Gasteiger partial charge in [0.2, 0.25) is 0 Å². The van der Waals surface area contributed by atoms with Crippen LogP contribution in [-0.4, -0.2) is 16.7 Å². The molecule has 2 N–H and O–H groups in total. The Balaban J connectivity index is 2.64. The van der Waals surface area contributed by atoms with E-state index < -0.39 is 0 Å². The van der Waals surface area contributed by atoms with E-state index in [1.807, 2.05) is 6.07 Å². The van der Waals surface area contributed by atoms with Crippen LogP contribution in [0.25, 0.3) is 17.0 Å². The number of H-pyrrole nitrogens is 1. The maximum atomic E-state index is 4.25. The molecular weight excluding hydrogens is 164 g/mol. The van der Waals surface area contributed by atoms with Crippen molar-refractivity contribution < 1.29 is 0 Å². The lowest BCUT2D eigenvalue weighted by atomic mass is 10.2. The zero-order chi connectivity index (χ0) is 8.67. The number of aromatic nitrogens is 2. The molecule has 0 fully saturated rings. The van der Waals surface area contributed by atoms with Gasteiger partial charge in [-0.05, 0) is 6.07 Å². The summed E-state index contributed by atoms with van der Waals surface area (Å²) >= 11 is 0. The molecule has 0 unspecified atom stereocenters. The highest BCUT2D eigenvalue weighted by Crippen LogP contribution is 2.01. The lowest BCUT2D eigenvalue weighted by molar-refractivity contribution is 0.795. The highest BCUT2D eigenvalue weighted by Gasteiger charge is 2.01. The van der Waals surface area contributed by atoms with Crippen molar-refractivity contribution in [2.24, 2.45) is 5.10 Å². The summed E-state index contributed by atoms with van der Waals surface area (Å²) < 4.78 is 0. The summed E-state index contributed by atoms with van der Waals surface area (Å²) in [5.41, 5.74) is 3.98. The fraction of sp³-hybridized carbons (Fsp3) is 0.111. The largest absolute Gasteiger partial charge is 0.306 e. The molecule has 0 atom stereocenters. The third-order valence-electron chi connectivity index (χ3n) is 2.23. The summed E-state index contributed by atoms with van der Waals surface area (Å²) in [6.45, 7) is 0.802. The van der Waals surface area contributed by atoms with Gasteiger partial charge in [-0.1, -0.05) is 12.1 Å². The van der Waals surface area contributed by atoms with E-state index in [1.54, 1.807) is 6.20 Å². The second kappa shape index (κ2) is 2.32. The van der Waals surface area contributed by atoms with Crippen LogP contribution in [0.2, 0.25) is 0 Å². The number of rotatable bonds is 0. The third-order valence-corrected chi connectivity index (χ3v) is 2.23. The molecule has 0 aliphatic carbocycles. The Labute approximate surface area is 74.0 Å². The van der Waals surface area contributed by atoms with Gasteiger partial charge in [-0.15, -0.1) is 0 Å². The fourth-order valence-corrected chi connectivity index (χ4v) is 1.59. The third kappa shape index (κ3) is 0.853. The minimum absolute atomic E-state index is 0.802. The number of nitrogens with one attached hydrogen (secondary N) is 2. The van der Waals surface area contributed by atoms with Crippen LogP contribution in [0.5, 0.6) is 0 Å². The zero-order valence-electron chi connectivity index (χ0n) is 6.91. The molecule has 13 heavy (non-hydrogen) atoms. The van der Waals surface area contributed by atoms with Gasteiger partial charge in [0.25, 0.3) is 0 Å². The van der Waals surface area contributed by atoms with Crippen molar-refractivity contribution in [1.29, 1.82) is 0 Å². The second-order valence-electron chi connectivity index (χ2n) is 3.01. The lowest BCUT2D eigenvalue weighted by Crippen LogP contribution is -2.33. The smallest absolute Gasteiger partial charge is 0.101 e. The first-order valence-corrected chi connectivity index (χ1v) is 4.18. The van der Waals surface area contributed by atoms with Crippen molar-refractivity contribution in [3.05, 3.63) is 28.9 Å². The topological polar surface area (TPSA) is 53.1 Å². The van der Waals surface area contributed by atoms with Crippen LogP contribution in [0.15, 0.2) is 23.4 Å². The Morgan fingerprint density at radius 1 is 1.31 bits per heavy atom. The molecule has 0 saturated carbocycles. The number of benzene rings is 1. The predicted octanol–water partition coefficient (Wildman–Crippen LogP) is -0.519. The molecule has 4 heteroatoms. The van der Waals surface area contributed by atoms with Gasteiger partial charge in [-0.3, -0.25) is 5.10 Å². The van der Waals surface area contributed by atoms with Gasteiger partial charge in [0, 0.05) is 10.6 Å². The average Bonchev–Trinajstić information content (AvgIpc) is 2.65. The normalized spacial score (nSPS) is 14.2. The number of aromatic amines is 1. The maximum absolute atomic E-state index is 4.25. The van der Waals surface area contributed by atoms with E-state index in [4.69, 9.17) is 0 Å². The number of hydrogen-bond acceptors (Lipinski definition) is 3. The summed E-state index contributed by atoms with van der Waals surface area (Å²) in [7, 11) is 0. The van der Waals surface area contributed by atoms with Crippen molar-refractivity contribution in [2.75, 3.05) is 6.54 Å². The summed E-state index contributed by atoms with van der Waals surface area (Å²) in [5, 5.41) is 14.4. The van der Waals surface area contributed by atoms with Gasteiger partial charge in [-0.2, -0.15) is 10.2 Å². The minimum Gasteiger partial charge on any atom is -0.306 e. The van der Waals surface area contributed by atoms with Gasteiger partial charge in [0.05, 0.1) is 18.3 Å².